The van der Waals surface area contributed by atoms with Crippen molar-refractivity contribution in [2.45, 2.75) is 26.3 Å². The molecule has 1 rings (SSSR count). The SMILES string of the molecule is Cc1ccc(C(=O)N(C)C(C)(C)CO)c(C#CCN)c1. The van der Waals surface area contributed by atoms with Crippen LogP contribution >= 0.6 is 0 Å². The number of aliphatic hydroxyl groups is 1. The molecule has 4 heteroatoms. The van der Waals surface area contributed by atoms with Crippen molar-refractivity contribution in [2.24, 2.45) is 5.73 Å². The Kier molecular flexibility index (Phi) is 5.32. The van der Waals surface area contributed by atoms with Gasteiger partial charge in [0.2, 0.25) is 0 Å². The molecule has 0 heterocycles. The second-order valence-electron chi connectivity index (χ2n) is 5.39. The number of likely N-dealkylation sites (N-methyl/N-ethyl adjacent to an activating group) is 1. The number of hydrogen-bond acceptors (Lipinski definition) is 3. The van der Waals surface area contributed by atoms with Crippen LogP contribution in [0.4, 0.5) is 0 Å². The van der Waals surface area contributed by atoms with Gasteiger partial charge in [-0.05, 0) is 38.5 Å². The summed E-state index contributed by atoms with van der Waals surface area (Å²) in [6.45, 7) is 5.71. The lowest BCUT2D eigenvalue weighted by Gasteiger charge is -2.34. The fourth-order valence-electron chi connectivity index (χ4n) is 1.66. The maximum atomic E-state index is 12.6. The molecule has 0 atom stereocenters. The highest BCUT2D eigenvalue weighted by molar-refractivity contribution is 5.97. The molecule has 0 aliphatic rings. The van der Waals surface area contributed by atoms with Gasteiger partial charge in [-0.3, -0.25) is 4.79 Å². The molecule has 1 aromatic carbocycles. The average Bonchev–Trinajstić information content (AvgIpc) is 2.43. The molecule has 0 radical (unpaired) electrons. The highest BCUT2D eigenvalue weighted by Crippen LogP contribution is 2.18. The van der Waals surface area contributed by atoms with Crippen molar-refractivity contribution in [1.82, 2.24) is 4.90 Å². The van der Waals surface area contributed by atoms with Crippen molar-refractivity contribution in [2.75, 3.05) is 20.2 Å². The first-order valence-corrected chi connectivity index (χ1v) is 6.52. The lowest BCUT2D eigenvalue weighted by Crippen LogP contribution is -2.47. The number of amides is 1. The number of rotatable bonds is 3. The molecule has 0 saturated heterocycles. The number of benzene rings is 1. The summed E-state index contributed by atoms with van der Waals surface area (Å²) in [7, 11) is 1.68. The molecule has 0 aromatic heterocycles. The topological polar surface area (TPSA) is 66.6 Å². The van der Waals surface area contributed by atoms with Gasteiger partial charge in [0.05, 0.1) is 24.3 Å². The lowest BCUT2D eigenvalue weighted by atomic mass is 10.00. The standard InChI is InChI=1S/C16H22N2O2/c1-12-7-8-14(13(10-12)6-5-9-17)15(20)18(4)16(2,3)11-19/h7-8,10,19H,9,11,17H2,1-4H3. The fraction of sp³-hybridized carbons (Fsp3) is 0.438. The lowest BCUT2D eigenvalue weighted by molar-refractivity contribution is 0.0473. The number of hydrogen-bond donors (Lipinski definition) is 2. The number of carbonyl (C=O) groups excluding carboxylic acids is 1. The maximum absolute atomic E-state index is 12.6. The summed E-state index contributed by atoms with van der Waals surface area (Å²) in [6, 6.07) is 5.51. The van der Waals surface area contributed by atoms with Crippen molar-refractivity contribution in [1.29, 1.82) is 0 Å². The molecular weight excluding hydrogens is 252 g/mol. The van der Waals surface area contributed by atoms with Gasteiger partial charge in [-0.1, -0.05) is 17.9 Å². The van der Waals surface area contributed by atoms with Gasteiger partial charge in [0.15, 0.2) is 0 Å². The summed E-state index contributed by atoms with van der Waals surface area (Å²) in [5.74, 6) is 5.55. The first kappa shape index (κ1) is 16.2. The molecule has 0 aliphatic heterocycles. The van der Waals surface area contributed by atoms with E-state index in [-0.39, 0.29) is 19.1 Å². The van der Waals surface area contributed by atoms with Crippen LogP contribution in [-0.2, 0) is 0 Å². The van der Waals surface area contributed by atoms with Crippen LogP contribution in [0.25, 0.3) is 0 Å². The van der Waals surface area contributed by atoms with E-state index in [1.165, 1.54) is 4.90 Å². The molecule has 4 nitrogen and oxygen atoms in total. The Bertz CT molecular complexity index is 553. The van der Waals surface area contributed by atoms with E-state index in [1.807, 2.05) is 32.9 Å². The number of carbonyl (C=O) groups is 1. The number of aliphatic hydroxyl groups excluding tert-OH is 1. The minimum atomic E-state index is -0.624. The summed E-state index contributed by atoms with van der Waals surface area (Å²) >= 11 is 0. The van der Waals surface area contributed by atoms with E-state index in [1.54, 1.807) is 13.1 Å². The molecule has 0 bridgehead atoms. The Labute approximate surface area is 120 Å². The zero-order valence-corrected chi connectivity index (χ0v) is 12.5. The van der Waals surface area contributed by atoms with E-state index >= 15 is 0 Å². The highest BCUT2D eigenvalue weighted by atomic mass is 16.3. The van der Waals surface area contributed by atoms with Crippen LogP contribution in [0.3, 0.4) is 0 Å². The summed E-state index contributed by atoms with van der Waals surface area (Å²) in [5, 5.41) is 9.38. The minimum Gasteiger partial charge on any atom is -0.394 e. The van der Waals surface area contributed by atoms with Crippen LogP contribution in [0.15, 0.2) is 18.2 Å². The van der Waals surface area contributed by atoms with Crippen molar-refractivity contribution < 1.29 is 9.90 Å². The smallest absolute Gasteiger partial charge is 0.255 e. The molecule has 0 saturated carbocycles. The molecule has 3 N–H and O–H groups in total. The van der Waals surface area contributed by atoms with Gasteiger partial charge in [-0.25, -0.2) is 0 Å². The van der Waals surface area contributed by atoms with Crippen molar-refractivity contribution in [3.05, 3.63) is 34.9 Å². The van der Waals surface area contributed by atoms with Gasteiger partial charge in [0.1, 0.15) is 0 Å². The minimum absolute atomic E-state index is 0.106. The van der Waals surface area contributed by atoms with Gasteiger partial charge in [-0.15, -0.1) is 0 Å². The van der Waals surface area contributed by atoms with Crippen LogP contribution in [0, 0.1) is 18.8 Å². The Balaban J connectivity index is 3.22. The van der Waals surface area contributed by atoms with Gasteiger partial charge >= 0.3 is 0 Å². The van der Waals surface area contributed by atoms with Crippen molar-refractivity contribution in [3.63, 3.8) is 0 Å². The first-order chi connectivity index (χ1) is 9.33. The second-order valence-corrected chi connectivity index (χ2v) is 5.39. The third kappa shape index (κ3) is 3.60. The summed E-state index contributed by atoms with van der Waals surface area (Å²) in [4.78, 5) is 14.1. The molecule has 108 valence electrons. The number of nitrogens with two attached hydrogens (primary N) is 1. The maximum Gasteiger partial charge on any atom is 0.255 e. The summed E-state index contributed by atoms with van der Waals surface area (Å²) in [5.41, 5.74) is 6.99. The molecule has 1 aromatic rings. The Morgan fingerprint density at radius 3 is 2.65 bits per heavy atom. The first-order valence-electron chi connectivity index (χ1n) is 6.52. The predicted molar refractivity (Wildman–Crippen MR) is 80.4 cm³/mol. The molecule has 20 heavy (non-hydrogen) atoms. The van der Waals surface area contributed by atoms with Crippen molar-refractivity contribution in [3.8, 4) is 11.8 Å². The van der Waals surface area contributed by atoms with Crippen LogP contribution in [0.5, 0.6) is 0 Å². The average molecular weight is 274 g/mol. The van der Waals surface area contributed by atoms with Crippen LogP contribution in [-0.4, -0.2) is 41.7 Å². The van der Waals surface area contributed by atoms with Crippen LogP contribution < -0.4 is 5.73 Å². The largest absolute Gasteiger partial charge is 0.394 e. The Morgan fingerprint density at radius 1 is 1.45 bits per heavy atom. The summed E-state index contributed by atoms with van der Waals surface area (Å²) in [6.07, 6.45) is 0. The van der Waals surface area contributed by atoms with E-state index in [0.717, 1.165) is 5.56 Å². The van der Waals surface area contributed by atoms with E-state index < -0.39 is 5.54 Å². The van der Waals surface area contributed by atoms with Gasteiger partial charge < -0.3 is 15.7 Å². The van der Waals surface area contributed by atoms with Gasteiger partial charge in [0, 0.05) is 12.6 Å². The van der Waals surface area contributed by atoms with Gasteiger partial charge in [-0.2, -0.15) is 0 Å². The van der Waals surface area contributed by atoms with Gasteiger partial charge in [0.25, 0.3) is 5.91 Å². The number of nitrogens with zero attached hydrogens (tertiary/aromatic N) is 1. The predicted octanol–water partition coefficient (Wildman–Crippen LogP) is 1.15. The fourth-order valence-corrected chi connectivity index (χ4v) is 1.66. The van der Waals surface area contributed by atoms with Crippen LogP contribution in [0.2, 0.25) is 0 Å². The third-order valence-electron chi connectivity index (χ3n) is 3.33. The zero-order valence-electron chi connectivity index (χ0n) is 12.5. The summed E-state index contributed by atoms with van der Waals surface area (Å²) < 4.78 is 0. The normalized spacial score (nSPS) is 10.7. The highest BCUT2D eigenvalue weighted by Gasteiger charge is 2.28. The third-order valence-corrected chi connectivity index (χ3v) is 3.33. The Morgan fingerprint density at radius 2 is 2.10 bits per heavy atom. The zero-order chi connectivity index (χ0) is 15.3. The van der Waals surface area contributed by atoms with E-state index in [0.29, 0.717) is 11.1 Å². The van der Waals surface area contributed by atoms with E-state index in [4.69, 9.17) is 5.73 Å². The quantitative estimate of drug-likeness (QED) is 0.813. The van der Waals surface area contributed by atoms with E-state index in [2.05, 4.69) is 11.8 Å². The molecule has 0 unspecified atom stereocenters. The Hall–Kier alpha value is -1.83. The van der Waals surface area contributed by atoms with Crippen LogP contribution in [0.1, 0.15) is 35.3 Å². The van der Waals surface area contributed by atoms with Crippen molar-refractivity contribution >= 4 is 5.91 Å². The molecule has 1 amide bonds. The molecule has 0 fully saturated rings. The van der Waals surface area contributed by atoms with E-state index in [9.17, 15) is 9.90 Å². The molecular formula is C16H22N2O2. The molecule has 0 spiro atoms. The monoisotopic (exact) mass is 274 g/mol. The molecule has 0 aliphatic carbocycles. The second kappa shape index (κ2) is 6.56. The number of aryl methyl sites for hydroxylation is 1.